The van der Waals surface area contributed by atoms with Gasteiger partial charge in [-0.2, -0.15) is 0 Å². The SMILES string of the molecule is CCC[C@H]1CC[C@H](c2cc(F)c(C3C[C@@H](F)[C@H](F)C3)c(F)c2)CC1. The molecule has 24 heavy (non-hydrogen) atoms. The van der Waals surface area contributed by atoms with Crippen molar-refractivity contribution in [3.63, 3.8) is 0 Å². The summed E-state index contributed by atoms with van der Waals surface area (Å²) in [5.74, 6) is -1.02. The number of alkyl halides is 2. The van der Waals surface area contributed by atoms with Crippen LogP contribution >= 0.6 is 0 Å². The maximum atomic E-state index is 14.5. The van der Waals surface area contributed by atoms with Crippen molar-refractivity contribution in [2.75, 3.05) is 0 Å². The zero-order chi connectivity index (χ0) is 17.3. The molecule has 3 rings (SSSR count). The zero-order valence-corrected chi connectivity index (χ0v) is 14.2. The fraction of sp³-hybridized carbons (Fsp3) is 0.700. The normalized spacial score (nSPS) is 31.5. The van der Waals surface area contributed by atoms with E-state index in [1.54, 1.807) is 0 Å². The predicted octanol–water partition coefficient (Wildman–Crippen LogP) is 6.59. The van der Waals surface area contributed by atoms with Gasteiger partial charge < -0.3 is 0 Å². The molecule has 0 N–H and O–H groups in total. The van der Waals surface area contributed by atoms with Gasteiger partial charge in [0.2, 0.25) is 0 Å². The first-order valence-corrected chi connectivity index (χ1v) is 9.26. The summed E-state index contributed by atoms with van der Waals surface area (Å²) in [7, 11) is 0. The average Bonchev–Trinajstić information content (AvgIpc) is 2.86. The average molecular weight is 342 g/mol. The molecule has 0 radical (unpaired) electrons. The standard InChI is InChI=1S/C20H26F4/c1-2-3-12-4-6-13(7-5-12)14-8-18(23)20(19(24)9-14)15-10-16(21)17(22)11-15/h8-9,12-13,15-17H,2-7,10-11H2,1H3/t12-,13-,16-,17-/m1/s1. The molecule has 0 unspecified atom stereocenters. The van der Waals surface area contributed by atoms with Crippen LogP contribution in [0.15, 0.2) is 12.1 Å². The molecular weight excluding hydrogens is 316 g/mol. The Hall–Kier alpha value is -1.06. The third kappa shape index (κ3) is 3.62. The van der Waals surface area contributed by atoms with E-state index >= 15 is 0 Å². The molecule has 0 aromatic heterocycles. The van der Waals surface area contributed by atoms with Gasteiger partial charge in [0.15, 0.2) is 0 Å². The lowest BCUT2D eigenvalue weighted by molar-refractivity contribution is 0.199. The molecule has 1 aromatic carbocycles. The highest BCUT2D eigenvalue weighted by Crippen LogP contribution is 2.42. The minimum absolute atomic E-state index is 0.124. The van der Waals surface area contributed by atoms with Gasteiger partial charge >= 0.3 is 0 Å². The van der Waals surface area contributed by atoms with Gasteiger partial charge in [0.1, 0.15) is 24.0 Å². The molecule has 4 heteroatoms. The van der Waals surface area contributed by atoms with Gasteiger partial charge in [0, 0.05) is 5.56 Å². The van der Waals surface area contributed by atoms with Crippen LogP contribution in [0.1, 0.15) is 81.3 Å². The van der Waals surface area contributed by atoms with Gasteiger partial charge in [0.25, 0.3) is 0 Å². The molecule has 0 aliphatic heterocycles. The van der Waals surface area contributed by atoms with Crippen LogP contribution in [0.2, 0.25) is 0 Å². The number of hydrogen-bond acceptors (Lipinski definition) is 0. The highest BCUT2D eigenvalue weighted by Gasteiger charge is 2.38. The second-order valence-corrected chi connectivity index (χ2v) is 7.60. The third-order valence-electron chi connectivity index (χ3n) is 5.94. The molecule has 0 amide bonds. The van der Waals surface area contributed by atoms with E-state index in [-0.39, 0.29) is 24.3 Å². The minimum atomic E-state index is -1.61. The number of rotatable bonds is 4. The highest BCUT2D eigenvalue weighted by molar-refractivity contribution is 5.32. The van der Waals surface area contributed by atoms with Crippen molar-refractivity contribution in [2.24, 2.45) is 5.92 Å². The molecule has 2 fully saturated rings. The molecule has 134 valence electrons. The Morgan fingerprint density at radius 1 is 0.875 bits per heavy atom. The van der Waals surface area contributed by atoms with Crippen LogP contribution in [0.5, 0.6) is 0 Å². The molecule has 1 aromatic rings. The Balaban J connectivity index is 1.74. The van der Waals surface area contributed by atoms with E-state index in [1.165, 1.54) is 25.0 Å². The lowest BCUT2D eigenvalue weighted by atomic mass is 9.77. The first kappa shape index (κ1) is 17.8. The summed E-state index contributed by atoms with van der Waals surface area (Å²) in [5.41, 5.74) is 0.580. The maximum absolute atomic E-state index is 14.5. The van der Waals surface area contributed by atoms with Crippen molar-refractivity contribution < 1.29 is 17.6 Å². The predicted molar refractivity (Wildman–Crippen MR) is 87.7 cm³/mol. The van der Waals surface area contributed by atoms with E-state index in [2.05, 4.69) is 6.92 Å². The Labute approximate surface area is 141 Å². The van der Waals surface area contributed by atoms with Gasteiger partial charge in [-0.3, -0.25) is 0 Å². The summed E-state index contributed by atoms with van der Waals surface area (Å²) in [6, 6.07) is 2.81. The summed E-state index contributed by atoms with van der Waals surface area (Å²) in [5, 5.41) is 0. The van der Waals surface area contributed by atoms with Crippen molar-refractivity contribution in [1.29, 1.82) is 0 Å². The number of benzene rings is 1. The van der Waals surface area contributed by atoms with Crippen molar-refractivity contribution in [2.45, 2.75) is 82.5 Å². The van der Waals surface area contributed by atoms with Crippen molar-refractivity contribution in [3.8, 4) is 0 Å². The topological polar surface area (TPSA) is 0 Å². The first-order valence-electron chi connectivity index (χ1n) is 9.26. The van der Waals surface area contributed by atoms with Gasteiger partial charge in [-0.05, 0) is 74.0 Å². The van der Waals surface area contributed by atoms with Gasteiger partial charge in [-0.25, -0.2) is 17.6 Å². The summed E-state index contributed by atoms with van der Waals surface area (Å²) in [6.07, 6.45) is 3.08. The van der Waals surface area contributed by atoms with E-state index < -0.39 is 29.9 Å². The van der Waals surface area contributed by atoms with E-state index in [1.807, 2.05) is 0 Å². The molecule has 0 nitrogen and oxygen atoms in total. The second-order valence-electron chi connectivity index (χ2n) is 7.60. The van der Waals surface area contributed by atoms with Gasteiger partial charge in [-0.1, -0.05) is 19.8 Å². The zero-order valence-electron chi connectivity index (χ0n) is 14.2. The third-order valence-corrected chi connectivity index (χ3v) is 5.94. The summed E-state index contributed by atoms with van der Waals surface area (Å²) in [6.45, 7) is 2.18. The Morgan fingerprint density at radius 2 is 1.42 bits per heavy atom. The smallest absolute Gasteiger partial charge is 0.132 e. The van der Waals surface area contributed by atoms with Crippen molar-refractivity contribution in [3.05, 3.63) is 34.9 Å². The maximum Gasteiger partial charge on any atom is 0.132 e. The summed E-state index contributed by atoms with van der Waals surface area (Å²) >= 11 is 0. The van der Waals surface area contributed by atoms with Crippen LogP contribution in [0.25, 0.3) is 0 Å². The van der Waals surface area contributed by atoms with E-state index in [0.29, 0.717) is 5.56 Å². The van der Waals surface area contributed by atoms with Crippen LogP contribution in [-0.2, 0) is 0 Å². The van der Waals surface area contributed by atoms with Crippen LogP contribution in [0.4, 0.5) is 17.6 Å². The minimum Gasteiger partial charge on any atom is -0.244 e. The van der Waals surface area contributed by atoms with Gasteiger partial charge in [-0.15, -0.1) is 0 Å². The number of halogens is 4. The Kier molecular flexibility index (Phi) is 5.51. The molecule has 2 aliphatic rings. The lowest BCUT2D eigenvalue weighted by Crippen LogP contribution is -2.14. The van der Waals surface area contributed by atoms with Crippen LogP contribution < -0.4 is 0 Å². The van der Waals surface area contributed by atoms with E-state index in [0.717, 1.165) is 31.6 Å². The monoisotopic (exact) mass is 342 g/mol. The largest absolute Gasteiger partial charge is 0.244 e. The highest BCUT2D eigenvalue weighted by atomic mass is 19.2. The molecule has 0 bridgehead atoms. The van der Waals surface area contributed by atoms with E-state index in [4.69, 9.17) is 0 Å². The van der Waals surface area contributed by atoms with Crippen molar-refractivity contribution in [1.82, 2.24) is 0 Å². The molecule has 2 saturated carbocycles. The fourth-order valence-corrected chi connectivity index (χ4v) is 4.59. The molecule has 2 atom stereocenters. The quantitative estimate of drug-likeness (QED) is 0.541. The van der Waals surface area contributed by atoms with Crippen LogP contribution in [-0.4, -0.2) is 12.3 Å². The number of hydrogen-bond donors (Lipinski definition) is 0. The molecular formula is C20H26F4. The first-order chi connectivity index (χ1) is 11.5. The Bertz CT molecular complexity index is 530. The van der Waals surface area contributed by atoms with Crippen LogP contribution in [0, 0.1) is 17.6 Å². The van der Waals surface area contributed by atoms with Gasteiger partial charge in [0.05, 0.1) is 0 Å². The Morgan fingerprint density at radius 3 is 1.92 bits per heavy atom. The van der Waals surface area contributed by atoms with Crippen molar-refractivity contribution >= 4 is 0 Å². The molecule has 0 heterocycles. The molecule has 2 aliphatic carbocycles. The molecule has 0 spiro atoms. The lowest BCUT2D eigenvalue weighted by Gasteiger charge is -2.29. The summed E-state index contributed by atoms with van der Waals surface area (Å²) in [4.78, 5) is 0. The second kappa shape index (κ2) is 7.45. The summed E-state index contributed by atoms with van der Waals surface area (Å²) < 4.78 is 55.7. The van der Waals surface area contributed by atoms with Crippen LogP contribution in [0.3, 0.4) is 0 Å². The molecule has 0 saturated heterocycles. The fourth-order valence-electron chi connectivity index (χ4n) is 4.59. The van der Waals surface area contributed by atoms with E-state index in [9.17, 15) is 17.6 Å².